The minimum atomic E-state index is 0.532. The molecular weight excluding hydrogens is 274 g/mol. The van der Waals surface area contributed by atoms with Gasteiger partial charge in [-0.3, -0.25) is 0 Å². The van der Waals surface area contributed by atoms with E-state index in [2.05, 4.69) is 16.0 Å². The second kappa shape index (κ2) is 5.18. The Balaban J connectivity index is 2.19. The summed E-state index contributed by atoms with van der Waals surface area (Å²) >= 11 is 6.15. The number of benzene rings is 1. The molecule has 0 spiro atoms. The van der Waals surface area contributed by atoms with Gasteiger partial charge in [-0.2, -0.15) is 5.26 Å². The average molecular weight is 288 g/mol. The summed E-state index contributed by atoms with van der Waals surface area (Å²) in [6.45, 7) is 1.91. The van der Waals surface area contributed by atoms with Gasteiger partial charge in [-0.15, -0.1) is 0 Å². The molecule has 102 valence electrons. The first-order chi connectivity index (χ1) is 9.72. The van der Waals surface area contributed by atoms with Gasteiger partial charge in [0.1, 0.15) is 17.6 Å². The van der Waals surface area contributed by atoms with Crippen molar-refractivity contribution in [2.45, 2.75) is 12.8 Å². The van der Waals surface area contributed by atoms with Crippen LogP contribution in [0.2, 0.25) is 5.02 Å². The van der Waals surface area contributed by atoms with Crippen LogP contribution >= 0.6 is 11.6 Å². The van der Waals surface area contributed by atoms with Gasteiger partial charge in [0, 0.05) is 18.5 Å². The van der Waals surface area contributed by atoms with E-state index in [4.69, 9.17) is 16.3 Å². The van der Waals surface area contributed by atoms with Gasteiger partial charge in [-0.05, 0) is 31.0 Å². The Morgan fingerprint density at radius 2 is 2.05 bits per heavy atom. The summed E-state index contributed by atoms with van der Waals surface area (Å²) in [6, 6.07) is 7.70. The minimum absolute atomic E-state index is 0.532. The number of pyridine rings is 1. The first kappa shape index (κ1) is 13.0. The predicted molar refractivity (Wildman–Crippen MR) is 79.5 cm³/mol. The van der Waals surface area contributed by atoms with Crippen LogP contribution in [0, 0.1) is 11.3 Å². The maximum atomic E-state index is 9.35. The van der Waals surface area contributed by atoms with Crippen LogP contribution in [0.15, 0.2) is 18.2 Å². The van der Waals surface area contributed by atoms with Crippen LogP contribution in [0.4, 0.5) is 5.82 Å². The maximum absolute atomic E-state index is 9.35. The molecular formula is C15H14ClN3O. The van der Waals surface area contributed by atoms with Gasteiger partial charge in [0.05, 0.1) is 23.2 Å². The highest BCUT2D eigenvalue weighted by atomic mass is 35.5. The molecule has 2 heterocycles. The van der Waals surface area contributed by atoms with Crippen molar-refractivity contribution >= 4 is 28.3 Å². The third-order valence-corrected chi connectivity index (χ3v) is 3.89. The lowest BCUT2D eigenvalue weighted by Crippen LogP contribution is -2.20. The summed E-state index contributed by atoms with van der Waals surface area (Å²) in [4.78, 5) is 6.79. The average Bonchev–Trinajstić information content (AvgIpc) is 2.99. The fraction of sp³-hybridized carbons (Fsp3) is 0.333. The maximum Gasteiger partial charge on any atom is 0.147 e. The van der Waals surface area contributed by atoms with Gasteiger partial charge in [0.25, 0.3) is 0 Å². The Morgan fingerprint density at radius 3 is 2.70 bits per heavy atom. The Bertz CT molecular complexity index is 702. The third-order valence-electron chi connectivity index (χ3n) is 3.59. The molecule has 1 fully saturated rings. The highest BCUT2D eigenvalue weighted by Crippen LogP contribution is 2.32. The van der Waals surface area contributed by atoms with Crippen molar-refractivity contribution in [1.29, 1.82) is 5.26 Å². The van der Waals surface area contributed by atoms with Crippen molar-refractivity contribution in [3.05, 3.63) is 28.8 Å². The van der Waals surface area contributed by atoms with Gasteiger partial charge in [0.15, 0.2) is 0 Å². The molecule has 0 unspecified atom stereocenters. The molecule has 0 bridgehead atoms. The van der Waals surface area contributed by atoms with Crippen LogP contribution in [-0.2, 0) is 0 Å². The molecule has 0 atom stereocenters. The zero-order valence-corrected chi connectivity index (χ0v) is 11.9. The number of hydrogen-bond donors (Lipinski definition) is 0. The van der Waals surface area contributed by atoms with Crippen molar-refractivity contribution in [3.63, 3.8) is 0 Å². The summed E-state index contributed by atoms with van der Waals surface area (Å²) < 4.78 is 5.20. The first-order valence-corrected chi connectivity index (χ1v) is 6.94. The second-order valence-electron chi connectivity index (χ2n) is 4.84. The minimum Gasteiger partial charge on any atom is -0.495 e. The molecule has 0 aliphatic carbocycles. The lowest BCUT2D eigenvalue weighted by Gasteiger charge is -2.18. The lowest BCUT2D eigenvalue weighted by molar-refractivity contribution is 0.415. The largest absolute Gasteiger partial charge is 0.495 e. The molecule has 1 aliphatic rings. The summed E-state index contributed by atoms with van der Waals surface area (Å²) in [5.41, 5.74) is 1.39. The zero-order chi connectivity index (χ0) is 14.1. The molecule has 4 nitrogen and oxygen atoms in total. The van der Waals surface area contributed by atoms with Gasteiger partial charge in [0.2, 0.25) is 0 Å². The lowest BCUT2D eigenvalue weighted by atomic mass is 10.1. The number of methoxy groups -OCH3 is 1. The number of nitriles is 1. The molecule has 5 heteroatoms. The second-order valence-corrected chi connectivity index (χ2v) is 5.25. The Labute approximate surface area is 122 Å². The highest BCUT2D eigenvalue weighted by Gasteiger charge is 2.18. The molecule has 2 aromatic rings. The molecule has 1 saturated heterocycles. The molecule has 1 aliphatic heterocycles. The number of rotatable bonds is 2. The van der Waals surface area contributed by atoms with E-state index in [1.54, 1.807) is 13.2 Å². The fourth-order valence-electron chi connectivity index (χ4n) is 2.57. The van der Waals surface area contributed by atoms with E-state index in [1.165, 1.54) is 0 Å². The predicted octanol–water partition coefficient (Wildman–Crippen LogP) is 3.37. The van der Waals surface area contributed by atoms with Crippen LogP contribution in [-0.4, -0.2) is 25.2 Å². The van der Waals surface area contributed by atoms with Gasteiger partial charge in [-0.1, -0.05) is 11.6 Å². The zero-order valence-electron chi connectivity index (χ0n) is 11.2. The quantitative estimate of drug-likeness (QED) is 0.850. The number of halogens is 1. The van der Waals surface area contributed by atoms with Crippen LogP contribution < -0.4 is 9.64 Å². The normalized spacial score (nSPS) is 14.6. The van der Waals surface area contributed by atoms with E-state index in [9.17, 15) is 5.26 Å². The van der Waals surface area contributed by atoms with Gasteiger partial charge < -0.3 is 9.64 Å². The van der Waals surface area contributed by atoms with Crippen LogP contribution in [0.25, 0.3) is 10.9 Å². The fourth-order valence-corrected chi connectivity index (χ4v) is 2.81. The van der Waals surface area contributed by atoms with Crippen molar-refractivity contribution in [1.82, 2.24) is 4.98 Å². The van der Waals surface area contributed by atoms with E-state index in [-0.39, 0.29) is 0 Å². The van der Waals surface area contributed by atoms with Crippen LogP contribution in [0.3, 0.4) is 0 Å². The third kappa shape index (κ3) is 2.14. The molecule has 0 saturated carbocycles. The molecule has 1 aromatic heterocycles. The molecule has 1 aromatic carbocycles. The van der Waals surface area contributed by atoms with Gasteiger partial charge >= 0.3 is 0 Å². The first-order valence-electron chi connectivity index (χ1n) is 6.56. The molecule has 0 amide bonds. The topological polar surface area (TPSA) is 49.1 Å². The van der Waals surface area contributed by atoms with E-state index in [0.29, 0.717) is 16.3 Å². The monoisotopic (exact) mass is 287 g/mol. The van der Waals surface area contributed by atoms with Crippen molar-refractivity contribution in [3.8, 4) is 11.8 Å². The number of ether oxygens (including phenoxy) is 1. The number of fused-ring (bicyclic) bond motifs is 1. The number of hydrogen-bond acceptors (Lipinski definition) is 4. The Kier molecular flexibility index (Phi) is 3.37. The summed E-state index contributed by atoms with van der Waals surface area (Å²) in [6.07, 6.45) is 2.29. The summed E-state index contributed by atoms with van der Waals surface area (Å²) in [5.74, 6) is 1.36. The summed E-state index contributed by atoms with van der Waals surface area (Å²) in [5, 5.41) is 10.7. The SMILES string of the molecule is COc1cc2cc(C#N)c(N3CCCC3)nc2cc1Cl. The number of aromatic nitrogens is 1. The number of anilines is 1. The van der Waals surface area contributed by atoms with Crippen molar-refractivity contribution in [2.75, 3.05) is 25.1 Å². The Morgan fingerprint density at radius 1 is 1.30 bits per heavy atom. The number of nitrogens with zero attached hydrogens (tertiary/aromatic N) is 3. The van der Waals surface area contributed by atoms with Crippen molar-refractivity contribution < 1.29 is 4.74 Å². The summed E-state index contributed by atoms with van der Waals surface area (Å²) in [7, 11) is 1.57. The van der Waals surface area contributed by atoms with E-state index in [0.717, 1.165) is 42.7 Å². The smallest absolute Gasteiger partial charge is 0.147 e. The molecule has 0 N–H and O–H groups in total. The standard InChI is InChI=1S/C15H14ClN3O/c1-20-14-7-10-6-11(9-17)15(19-4-2-3-5-19)18-13(10)8-12(14)16/h6-8H,2-5H2,1H3. The molecule has 0 radical (unpaired) electrons. The molecule has 3 rings (SSSR count). The van der Waals surface area contributed by atoms with Crippen LogP contribution in [0.1, 0.15) is 18.4 Å². The van der Waals surface area contributed by atoms with Gasteiger partial charge in [-0.25, -0.2) is 4.98 Å². The van der Waals surface area contributed by atoms with Crippen molar-refractivity contribution in [2.24, 2.45) is 0 Å². The highest BCUT2D eigenvalue weighted by molar-refractivity contribution is 6.32. The van der Waals surface area contributed by atoms with Crippen LogP contribution in [0.5, 0.6) is 5.75 Å². The Hall–Kier alpha value is -1.99. The molecule has 20 heavy (non-hydrogen) atoms. The van der Waals surface area contributed by atoms with E-state index >= 15 is 0 Å². The van der Waals surface area contributed by atoms with E-state index in [1.807, 2.05) is 12.1 Å². The van der Waals surface area contributed by atoms with E-state index < -0.39 is 0 Å².